The van der Waals surface area contributed by atoms with Crippen molar-refractivity contribution in [3.05, 3.63) is 60.2 Å². The monoisotopic (exact) mass is 404 g/mol. The van der Waals surface area contributed by atoms with E-state index in [1.54, 1.807) is 41.6 Å². The third-order valence-electron chi connectivity index (χ3n) is 5.03. The minimum Gasteiger partial charge on any atom is -0.329 e. The molecule has 1 N–H and O–H groups in total. The topological polar surface area (TPSA) is 102 Å². The zero-order valence-electron chi connectivity index (χ0n) is 17.1. The first-order chi connectivity index (χ1) is 14.6. The molecule has 1 unspecified atom stereocenters. The molecule has 1 fully saturated rings. The summed E-state index contributed by atoms with van der Waals surface area (Å²) in [5, 5.41) is 7.29. The van der Waals surface area contributed by atoms with Gasteiger partial charge in [0.2, 0.25) is 5.91 Å². The normalized spacial score (nSPS) is 16.7. The van der Waals surface area contributed by atoms with Crippen molar-refractivity contribution in [2.45, 2.75) is 32.2 Å². The minimum atomic E-state index is -0.162. The summed E-state index contributed by atoms with van der Waals surface area (Å²) >= 11 is 0. The van der Waals surface area contributed by atoms with Gasteiger partial charge in [-0.15, -0.1) is 0 Å². The second-order valence-corrected chi connectivity index (χ2v) is 7.22. The first-order valence-corrected chi connectivity index (χ1v) is 9.95. The number of hydrogen-bond donors (Lipinski definition) is 1. The van der Waals surface area contributed by atoms with Crippen LogP contribution in [0.2, 0.25) is 0 Å². The van der Waals surface area contributed by atoms with Crippen LogP contribution in [0.5, 0.6) is 0 Å². The van der Waals surface area contributed by atoms with Crippen molar-refractivity contribution >= 4 is 23.6 Å². The minimum absolute atomic E-state index is 0.0468. The number of nitrogens with one attached hydrogen (secondary N) is 1. The highest BCUT2D eigenvalue weighted by Crippen LogP contribution is 2.30. The number of anilines is 2. The van der Waals surface area contributed by atoms with Crippen molar-refractivity contribution in [2.24, 2.45) is 7.05 Å². The number of carbonyl (C=O) groups excluding carboxylic acids is 1. The SMILES string of the molecule is Cc1cc(Nc2cnccn2)nc(C2CCCCN2C(=O)/C=C/c2ccnn2C)n1. The van der Waals surface area contributed by atoms with Gasteiger partial charge in [0, 0.05) is 50.0 Å². The summed E-state index contributed by atoms with van der Waals surface area (Å²) in [5.74, 6) is 1.84. The average molecular weight is 404 g/mol. The molecule has 3 aromatic rings. The highest BCUT2D eigenvalue weighted by atomic mass is 16.2. The Morgan fingerprint density at radius 2 is 2.10 bits per heavy atom. The van der Waals surface area contributed by atoms with Crippen LogP contribution < -0.4 is 5.32 Å². The number of aryl methyl sites for hydroxylation is 2. The van der Waals surface area contributed by atoms with Gasteiger partial charge in [0.25, 0.3) is 0 Å². The smallest absolute Gasteiger partial charge is 0.247 e. The van der Waals surface area contributed by atoms with Crippen LogP contribution in [0.3, 0.4) is 0 Å². The molecular formula is C21H24N8O. The Morgan fingerprint density at radius 3 is 2.87 bits per heavy atom. The van der Waals surface area contributed by atoms with E-state index in [9.17, 15) is 4.79 Å². The molecule has 9 nitrogen and oxygen atoms in total. The first-order valence-electron chi connectivity index (χ1n) is 9.95. The Bertz CT molecular complexity index is 1050. The number of piperidine rings is 1. The molecule has 0 bridgehead atoms. The van der Waals surface area contributed by atoms with Gasteiger partial charge in [0.05, 0.1) is 17.9 Å². The Hall–Kier alpha value is -3.62. The largest absolute Gasteiger partial charge is 0.329 e. The van der Waals surface area contributed by atoms with Gasteiger partial charge >= 0.3 is 0 Å². The number of likely N-dealkylation sites (tertiary alicyclic amines) is 1. The van der Waals surface area contributed by atoms with Crippen LogP contribution in [-0.2, 0) is 11.8 Å². The fourth-order valence-corrected chi connectivity index (χ4v) is 3.56. The number of aromatic nitrogens is 6. The molecule has 1 saturated heterocycles. The van der Waals surface area contributed by atoms with Gasteiger partial charge in [-0.1, -0.05) is 0 Å². The molecule has 0 saturated carbocycles. The fourth-order valence-electron chi connectivity index (χ4n) is 3.56. The van der Waals surface area contributed by atoms with Crippen molar-refractivity contribution in [3.8, 4) is 0 Å². The van der Waals surface area contributed by atoms with Gasteiger partial charge in [-0.05, 0) is 38.3 Å². The fraction of sp³-hybridized carbons (Fsp3) is 0.333. The molecule has 1 amide bonds. The molecular weight excluding hydrogens is 380 g/mol. The molecule has 0 aliphatic carbocycles. The average Bonchev–Trinajstić information content (AvgIpc) is 3.17. The summed E-state index contributed by atoms with van der Waals surface area (Å²) in [5.41, 5.74) is 1.70. The number of hydrogen-bond acceptors (Lipinski definition) is 7. The lowest BCUT2D eigenvalue weighted by Crippen LogP contribution is -2.38. The van der Waals surface area contributed by atoms with Crippen molar-refractivity contribution in [1.82, 2.24) is 34.6 Å². The zero-order valence-corrected chi connectivity index (χ0v) is 17.1. The van der Waals surface area contributed by atoms with Gasteiger partial charge < -0.3 is 10.2 Å². The molecule has 4 rings (SSSR count). The van der Waals surface area contributed by atoms with Crippen LogP contribution in [0.1, 0.15) is 42.5 Å². The van der Waals surface area contributed by atoms with Gasteiger partial charge in [-0.3, -0.25) is 14.5 Å². The highest BCUT2D eigenvalue weighted by Gasteiger charge is 2.29. The van der Waals surface area contributed by atoms with Crippen molar-refractivity contribution in [3.63, 3.8) is 0 Å². The maximum Gasteiger partial charge on any atom is 0.247 e. The summed E-state index contributed by atoms with van der Waals surface area (Å²) in [7, 11) is 1.85. The lowest BCUT2D eigenvalue weighted by atomic mass is 10.0. The molecule has 1 atom stereocenters. The van der Waals surface area contributed by atoms with Gasteiger partial charge in [-0.2, -0.15) is 5.10 Å². The third kappa shape index (κ3) is 4.51. The second-order valence-electron chi connectivity index (χ2n) is 7.22. The van der Waals surface area contributed by atoms with E-state index in [1.165, 1.54) is 0 Å². The van der Waals surface area contributed by atoms with E-state index in [2.05, 4.69) is 30.4 Å². The van der Waals surface area contributed by atoms with E-state index in [1.807, 2.05) is 31.0 Å². The van der Waals surface area contributed by atoms with Gasteiger partial charge in [-0.25, -0.2) is 15.0 Å². The van der Waals surface area contributed by atoms with Crippen molar-refractivity contribution in [2.75, 3.05) is 11.9 Å². The molecule has 154 valence electrons. The molecule has 0 radical (unpaired) electrons. The van der Waals surface area contributed by atoms with Crippen molar-refractivity contribution < 1.29 is 4.79 Å². The molecule has 4 heterocycles. The van der Waals surface area contributed by atoms with E-state index in [-0.39, 0.29) is 11.9 Å². The quantitative estimate of drug-likeness (QED) is 0.652. The molecule has 0 aromatic carbocycles. The van der Waals surface area contributed by atoms with Crippen LogP contribution >= 0.6 is 0 Å². The predicted molar refractivity (Wildman–Crippen MR) is 113 cm³/mol. The lowest BCUT2D eigenvalue weighted by Gasteiger charge is -2.34. The molecule has 1 aliphatic rings. The maximum absolute atomic E-state index is 13.0. The Balaban J connectivity index is 1.57. The summed E-state index contributed by atoms with van der Waals surface area (Å²) in [6.07, 6.45) is 12.8. The number of nitrogens with zero attached hydrogens (tertiary/aromatic N) is 7. The zero-order chi connectivity index (χ0) is 20.9. The van der Waals surface area contributed by atoms with E-state index in [4.69, 9.17) is 0 Å². The number of rotatable bonds is 5. The van der Waals surface area contributed by atoms with Gasteiger partial charge in [0.15, 0.2) is 5.82 Å². The highest BCUT2D eigenvalue weighted by molar-refractivity contribution is 5.91. The molecule has 30 heavy (non-hydrogen) atoms. The molecule has 1 aliphatic heterocycles. The molecule has 0 spiro atoms. The summed E-state index contributed by atoms with van der Waals surface area (Å²) < 4.78 is 1.73. The van der Waals surface area contributed by atoms with Gasteiger partial charge in [0.1, 0.15) is 11.6 Å². The summed E-state index contributed by atoms with van der Waals surface area (Å²) in [4.78, 5) is 32.4. The third-order valence-corrected chi connectivity index (χ3v) is 5.03. The van der Waals surface area contributed by atoms with Crippen LogP contribution in [0.15, 0.2) is 43.0 Å². The van der Waals surface area contributed by atoms with Crippen LogP contribution in [0.25, 0.3) is 6.08 Å². The van der Waals surface area contributed by atoms with Crippen LogP contribution in [0.4, 0.5) is 11.6 Å². The standard InChI is InChI=1S/C21H24N8O/c1-15-13-18(26-19-14-22-10-11-23-19)27-21(25-15)17-5-3-4-12-29(17)20(30)7-6-16-8-9-24-28(16)2/h6-11,13-14,17H,3-5,12H2,1-2H3,(H,23,25,26,27)/b7-6+. The second kappa shape index (κ2) is 8.81. The number of amides is 1. The Kier molecular flexibility index (Phi) is 5.78. The summed E-state index contributed by atoms with van der Waals surface area (Å²) in [6.45, 7) is 2.60. The molecule has 3 aromatic heterocycles. The van der Waals surface area contributed by atoms with Crippen LogP contribution in [0, 0.1) is 6.92 Å². The Labute approximate surface area is 174 Å². The van der Waals surface area contributed by atoms with Crippen LogP contribution in [-0.4, -0.2) is 47.1 Å². The van der Waals surface area contributed by atoms with E-state index < -0.39 is 0 Å². The van der Waals surface area contributed by atoms with E-state index in [0.717, 1.165) is 30.7 Å². The predicted octanol–water partition coefficient (Wildman–Crippen LogP) is 2.82. The molecule has 9 heteroatoms. The lowest BCUT2D eigenvalue weighted by molar-refractivity contribution is -0.129. The van der Waals surface area contributed by atoms with Crippen molar-refractivity contribution in [1.29, 1.82) is 0 Å². The Morgan fingerprint density at radius 1 is 1.20 bits per heavy atom. The van der Waals surface area contributed by atoms with E-state index >= 15 is 0 Å². The van der Waals surface area contributed by atoms with E-state index in [0.29, 0.717) is 24.0 Å². The number of carbonyl (C=O) groups is 1. The maximum atomic E-state index is 13.0. The summed E-state index contributed by atoms with van der Waals surface area (Å²) in [6, 6.07) is 3.56. The first kappa shape index (κ1) is 19.7.